The largest absolute Gasteiger partial charge is 0.497 e. The van der Waals surface area contributed by atoms with Crippen molar-refractivity contribution < 1.29 is 9.47 Å². The van der Waals surface area contributed by atoms with Gasteiger partial charge in [0.15, 0.2) is 11.5 Å². The topological polar surface area (TPSA) is 30.8 Å². The van der Waals surface area contributed by atoms with Gasteiger partial charge in [-0.25, -0.2) is 4.99 Å². The summed E-state index contributed by atoms with van der Waals surface area (Å²) in [7, 11) is 1.63. The van der Waals surface area contributed by atoms with E-state index in [0.717, 1.165) is 22.9 Å². The molecule has 84 valence electrons. The summed E-state index contributed by atoms with van der Waals surface area (Å²) in [6, 6.07) is 7.71. The number of methoxy groups -OCH3 is 1. The van der Waals surface area contributed by atoms with Gasteiger partial charge in [-0.3, -0.25) is 0 Å². The van der Waals surface area contributed by atoms with E-state index in [1.807, 2.05) is 48.6 Å². The van der Waals surface area contributed by atoms with Crippen LogP contribution < -0.4 is 4.74 Å². The zero-order valence-electron chi connectivity index (χ0n) is 9.38. The molecule has 3 nitrogen and oxygen atoms in total. The number of rotatable bonds is 1. The van der Waals surface area contributed by atoms with Gasteiger partial charge in [-0.2, -0.15) is 0 Å². The Morgan fingerprint density at radius 3 is 3.00 bits per heavy atom. The fourth-order valence-corrected chi connectivity index (χ4v) is 1.75. The molecular formula is C14H11NO2. The molecule has 1 heterocycles. The predicted octanol–water partition coefficient (Wildman–Crippen LogP) is 3.14. The number of nitrogens with zero attached hydrogens (tertiary/aromatic N) is 1. The molecule has 0 spiro atoms. The van der Waals surface area contributed by atoms with Gasteiger partial charge in [0.05, 0.1) is 7.11 Å². The standard InChI is InChI=1S/C14H11NO2/c1-16-10-5-4-7-12-14(9-10)17-13-8-3-2-6-11(13)15-12/h2-9H,1H3. The van der Waals surface area contributed by atoms with Gasteiger partial charge in [0.1, 0.15) is 17.2 Å². The second-order valence-corrected chi connectivity index (χ2v) is 3.71. The maximum Gasteiger partial charge on any atom is 0.156 e. The lowest BCUT2D eigenvalue weighted by Gasteiger charge is -2.17. The molecule has 1 aliphatic carbocycles. The van der Waals surface area contributed by atoms with Crippen LogP contribution in [0.25, 0.3) is 0 Å². The minimum atomic E-state index is 0.713. The van der Waals surface area contributed by atoms with Gasteiger partial charge in [-0.1, -0.05) is 18.2 Å². The van der Waals surface area contributed by atoms with Gasteiger partial charge in [0.25, 0.3) is 0 Å². The minimum Gasteiger partial charge on any atom is -0.497 e. The molecule has 1 aromatic carbocycles. The monoisotopic (exact) mass is 225 g/mol. The summed E-state index contributed by atoms with van der Waals surface area (Å²) in [6.07, 6.45) is 7.53. The normalized spacial score (nSPS) is 16.6. The van der Waals surface area contributed by atoms with Gasteiger partial charge in [-0.15, -0.1) is 0 Å². The van der Waals surface area contributed by atoms with Crippen molar-refractivity contribution in [3.63, 3.8) is 0 Å². The second kappa shape index (κ2) is 3.94. The van der Waals surface area contributed by atoms with E-state index in [-0.39, 0.29) is 0 Å². The smallest absolute Gasteiger partial charge is 0.156 e. The molecule has 17 heavy (non-hydrogen) atoms. The number of ether oxygens (including phenoxy) is 2. The highest BCUT2D eigenvalue weighted by Crippen LogP contribution is 2.34. The summed E-state index contributed by atoms with van der Waals surface area (Å²) in [4.78, 5) is 4.54. The van der Waals surface area contributed by atoms with Crippen LogP contribution in [0.3, 0.4) is 0 Å². The number of hydrogen-bond acceptors (Lipinski definition) is 3. The number of fused-ring (bicyclic) bond motifs is 2. The molecule has 0 unspecified atom stereocenters. The van der Waals surface area contributed by atoms with Crippen molar-refractivity contribution in [2.75, 3.05) is 7.11 Å². The summed E-state index contributed by atoms with van der Waals surface area (Å²) < 4.78 is 11.0. The van der Waals surface area contributed by atoms with Crippen LogP contribution in [0.4, 0.5) is 5.69 Å². The van der Waals surface area contributed by atoms with Gasteiger partial charge in [0.2, 0.25) is 0 Å². The summed E-state index contributed by atoms with van der Waals surface area (Å²) in [5.74, 6) is 2.24. The van der Waals surface area contributed by atoms with Gasteiger partial charge in [0, 0.05) is 6.08 Å². The average Bonchev–Trinajstić information content (AvgIpc) is 2.57. The highest BCUT2D eigenvalue weighted by Gasteiger charge is 2.18. The highest BCUT2D eigenvalue weighted by molar-refractivity contribution is 6.10. The van der Waals surface area contributed by atoms with E-state index in [0.29, 0.717) is 5.76 Å². The molecule has 0 radical (unpaired) electrons. The number of benzene rings is 1. The molecule has 3 rings (SSSR count). The molecule has 0 atom stereocenters. The molecule has 1 aliphatic heterocycles. The van der Waals surface area contributed by atoms with Gasteiger partial charge in [-0.05, 0) is 24.3 Å². The third-order valence-corrected chi connectivity index (χ3v) is 2.60. The van der Waals surface area contributed by atoms with Crippen molar-refractivity contribution >= 4 is 11.4 Å². The maximum absolute atomic E-state index is 5.81. The summed E-state index contributed by atoms with van der Waals surface area (Å²) >= 11 is 0. The average molecular weight is 225 g/mol. The van der Waals surface area contributed by atoms with Gasteiger partial charge < -0.3 is 9.47 Å². The maximum atomic E-state index is 5.81. The molecule has 3 heteroatoms. The number of para-hydroxylation sites is 2. The van der Waals surface area contributed by atoms with Crippen molar-refractivity contribution in [3.8, 4) is 5.75 Å². The Morgan fingerprint density at radius 2 is 2.12 bits per heavy atom. The summed E-state index contributed by atoms with van der Waals surface area (Å²) in [5.41, 5.74) is 1.66. The quantitative estimate of drug-likeness (QED) is 0.735. The first kappa shape index (κ1) is 9.90. The van der Waals surface area contributed by atoms with Crippen molar-refractivity contribution in [1.29, 1.82) is 0 Å². The molecule has 0 N–H and O–H groups in total. The van der Waals surface area contributed by atoms with E-state index in [1.165, 1.54) is 0 Å². The van der Waals surface area contributed by atoms with E-state index >= 15 is 0 Å². The van der Waals surface area contributed by atoms with E-state index in [2.05, 4.69) is 4.99 Å². The Kier molecular flexibility index (Phi) is 2.29. The van der Waals surface area contributed by atoms with E-state index in [4.69, 9.17) is 9.47 Å². The van der Waals surface area contributed by atoms with Crippen molar-refractivity contribution in [1.82, 2.24) is 0 Å². The fraction of sp³-hybridized carbons (Fsp3) is 0.0714. The van der Waals surface area contributed by atoms with Crippen LogP contribution in [0.2, 0.25) is 0 Å². The summed E-state index contributed by atoms with van der Waals surface area (Å²) in [6.45, 7) is 0. The minimum absolute atomic E-state index is 0.713. The first-order valence-electron chi connectivity index (χ1n) is 5.37. The Hall–Kier alpha value is -2.29. The Bertz CT molecular complexity index is 580. The third kappa shape index (κ3) is 1.76. The van der Waals surface area contributed by atoms with Crippen LogP contribution in [0.15, 0.2) is 65.1 Å². The van der Waals surface area contributed by atoms with Crippen LogP contribution in [-0.4, -0.2) is 12.8 Å². The van der Waals surface area contributed by atoms with E-state index in [1.54, 1.807) is 7.11 Å². The zero-order valence-corrected chi connectivity index (χ0v) is 9.38. The first-order valence-corrected chi connectivity index (χ1v) is 5.37. The molecule has 0 saturated heterocycles. The van der Waals surface area contributed by atoms with Crippen LogP contribution in [0, 0.1) is 0 Å². The Balaban J connectivity index is 2.10. The lowest BCUT2D eigenvalue weighted by molar-refractivity contribution is 0.304. The molecule has 1 aromatic rings. The van der Waals surface area contributed by atoms with Crippen molar-refractivity contribution in [2.24, 2.45) is 4.99 Å². The van der Waals surface area contributed by atoms with Crippen LogP contribution in [0.1, 0.15) is 0 Å². The zero-order chi connectivity index (χ0) is 11.7. The molecule has 2 aliphatic rings. The molecule has 0 fully saturated rings. The highest BCUT2D eigenvalue weighted by atomic mass is 16.5. The first-order chi connectivity index (χ1) is 8.36. The van der Waals surface area contributed by atoms with Crippen molar-refractivity contribution in [2.45, 2.75) is 0 Å². The molecule has 0 bridgehead atoms. The number of allylic oxidation sites excluding steroid dienone is 4. The molecule has 0 amide bonds. The lowest BCUT2D eigenvalue weighted by atomic mass is 10.2. The van der Waals surface area contributed by atoms with Gasteiger partial charge >= 0.3 is 0 Å². The summed E-state index contributed by atoms with van der Waals surface area (Å²) in [5, 5.41) is 0. The second-order valence-electron chi connectivity index (χ2n) is 3.71. The number of hydrogen-bond donors (Lipinski definition) is 0. The molecule has 0 saturated carbocycles. The van der Waals surface area contributed by atoms with E-state index in [9.17, 15) is 0 Å². The lowest BCUT2D eigenvalue weighted by Crippen LogP contribution is -2.10. The van der Waals surface area contributed by atoms with Crippen LogP contribution in [0.5, 0.6) is 5.75 Å². The fourth-order valence-electron chi connectivity index (χ4n) is 1.75. The number of aliphatic imine (C=N–C) groups is 1. The Labute approximate surface area is 99.4 Å². The van der Waals surface area contributed by atoms with Crippen molar-refractivity contribution in [3.05, 3.63) is 60.1 Å². The third-order valence-electron chi connectivity index (χ3n) is 2.60. The van der Waals surface area contributed by atoms with Crippen LogP contribution in [-0.2, 0) is 4.74 Å². The molecule has 0 aromatic heterocycles. The predicted molar refractivity (Wildman–Crippen MR) is 66.5 cm³/mol. The molecular weight excluding hydrogens is 214 g/mol. The Morgan fingerprint density at radius 1 is 1.24 bits per heavy atom. The SMILES string of the molecule is COC1=CC=CC2=Nc3ccccc3OC2=C1. The van der Waals surface area contributed by atoms with Crippen LogP contribution >= 0.6 is 0 Å². The van der Waals surface area contributed by atoms with E-state index < -0.39 is 0 Å².